The Bertz CT molecular complexity index is 736. The molecule has 3 nitrogen and oxygen atoms in total. The minimum atomic E-state index is -0.235. The Hall–Kier alpha value is -2.80. The Morgan fingerprint density at radius 1 is 1.15 bits per heavy atom. The van der Waals surface area contributed by atoms with E-state index in [2.05, 4.69) is 19.8 Å². The van der Waals surface area contributed by atoms with Crippen LogP contribution in [0, 0.1) is 18.2 Å². The normalized spacial score (nSPS) is 11.6. The topological polar surface area (TPSA) is 29.5 Å². The minimum absolute atomic E-state index is 0.178. The second-order valence-electron chi connectivity index (χ2n) is 6.05. The first-order chi connectivity index (χ1) is 13.0. The molecule has 144 valence electrons. The monoisotopic (exact) mass is 369 g/mol. The van der Waals surface area contributed by atoms with E-state index in [-0.39, 0.29) is 11.7 Å². The molecule has 1 aliphatic rings. The molecule has 2 aromatic carbocycles. The molecule has 0 aromatic heterocycles. The van der Waals surface area contributed by atoms with Gasteiger partial charge in [0.1, 0.15) is 11.6 Å². The summed E-state index contributed by atoms with van der Waals surface area (Å²) >= 11 is 0. The van der Waals surface area contributed by atoms with E-state index in [0.717, 1.165) is 17.7 Å². The van der Waals surface area contributed by atoms with Crippen LogP contribution in [0.25, 0.3) is 0 Å². The van der Waals surface area contributed by atoms with Crippen LogP contribution >= 0.6 is 0 Å². The fourth-order valence-electron chi connectivity index (χ4n) is 2.34. The molecule has 0 N–H and O–H groups in total. The van der Waals surface area contributed by atoms with E-state index in [9.17, 15) is 9.18 Å². The van der Waals surface area contributed by atoms with Crippen LogP contribution in [0.5, 0.6) is 5.75 Å². The van der Waals surface area contributed by atoms with E-state index in [1.807, 2.05) is 18.2 Å². The Labute approximate surface area is 162 Å². The van der Waals surface area contributed by atoms with Crippen molar-refractivity contribution in [2.24, 2.45) is 0 Å². The van der Waals surface area contributed by atoms with Crippen molar-refractivity contribution in [3.63, 3.8) is 0 Å². The van der Waals surface area contributed by atoms with Crippen molar-refractivity contribution in [3.8, 4) is 18.1 Å². The van der Waals surface area contributed by atoms with Crippen molar-refractivity contribution >= 4 is 5.91 Å². The van der Waals surface area contributed by atoms with E-state index in [4.69, 9.17) is 11.2 Å². The van der Waals surface area contributed by atoms with Crippen molar-refractivity contribution in [2.45, 2.75) is 39.7 Å². The first-order valence-electron chi connectivity index (χ1n) is 9.17. The highest BCUT2D eigenvalue weighted by Crippen LogP contribution is 2.23. The van der Waals surface area contributed by atoms with Gasteiger partial charge in [0.25, 0.3) is 5.91 Å². The highest BCUT2D eigenvalue weighted by molar-refractivity contribution is 5.93. The van der Waals surface area contributed by atoms with Crippen molar-refractivity contribution in [2.75, 3.05) is 13.7 Å². The summed E-state index contributed by atoms with van der Waals surface area (Å²) in [4.78, 5) is 13.1. The van der Waals surface area contributed by atoms with Gasteiger partial charge in [0, 0.05) is 13.1 Å². The van der Waals surface area contributed by atoms with Crippen molar-refractivity contribution in [1.82, 2.24) is 4.90 Å². The molecule has 0 fully saturated rings. The van der Waals surface area contributed by atoms with Crippen LogP contribution in [-0.4, -0.2) is 24.5 Å². The Morgan fingerprint density at radius 3 is 2.30 bits per heavy atom. The number of ether oxygens (including phenoxy) is 1. The molecule has 0 radical (unpaired) electrons. The predicted molar refractivity (Wildman–Crippen MR) is 108 cm³/mol. The molecule has 0 atom stereocenters. The molecule has 1 aliphatic heterocycles. The van der Waals surface area contributed by atoms with Crippen LogP contribution < -0.4 is 4.74 Å². The van der Waals surface area contributed by atoms with Gasteiger partial charge in [0.05, 0.1) is 7.11 Å². The van der Waals surface area contributed by atoms with E-state index in [1.54, 1.807) is 30.2 Å². The zero-order valence-corrected chi connectivity index (χ0v) is 16.4. The summed E-state index contributed by atoms with van der Waals surface area (Å²) in [5.74, 6) is 2.59. The second-order valence-corrected chi connectivity index (χ2v) is 6.05. The van der Waals surface area contributed by atoms with Gasteiger partial charge in [-0.1, -0.05) is 51.0 Å². The number of methoxy groups -OCH3 is 1. The van der Waals surface area contributed by atoms with Crippen molar-refractivity contribution < 1.29 is 13.9 Å². The number of carbonyl (C=O) groups is 1. The number of amides is 1. The van der Waals surface area contributed by atoms with Gasteiger partial charge in [0.2, 0.25) is 0 Å². The van der Waals surface area contributed by atoms with Gasteiger partial charge in [0.15, 0.2) is 0 Å². The molecule has 1 amide bonds. The summed E-state index contributed by atoms with van der Waals surface area (Å²) in [5.41, 5.74) is 2.39. The summed E-state index contributed by atoms with van der Waals surface area (Å²) < 4.78 is 17.1. The SMILES string of the molecule is C#CC(=O)N1CCc2cc(OC)ccc2C1.CCCC.Fc1ccccc1. The smallest absolute Gasteiger partial charge is 0.298 e. The lowest BCUT2D eigenvalue weighted by atomic mass is 9.99. The summed E-state index contributed by atoms with van der Waals surface area (Å²) in [5, 5.41) is 0. The molecule has 0 saturated heterocycles. The number of rotatable bonds is 2. The first-order valence-corrected chi connectivity index (χ1v) is 9.17. The molecule has 0 saturated carbocycles. The average molecular weight is 369 g/mol. The molecule has 0 bridgehead atoms. The van der Waals surface area contributed by atoms with Gasteiger partial charge in [-0.25, -0.2) is 4.39 Å². The summed E-state index contributed by atoms with van der Waals surface area (Å²) in [6.07, 6.45) is 8.58. The number of terminal acetylenes is 1. The number of fused-ring (bicyclic) bond motifs is 1. The molecular formula is C23H28FNO2. The number of hydrogen-bond acceptors (Lipinski definition) is 2. The number of nitrogens with zero attached hydrogens (tertiary/aromatic N) is 1. The van der Waals surface area contributed by atoms with Crippen LogP contribution in [0.4, 0.5) is 4.39 Å². The first kappa shape index (κ1) is 22.2. The number of hydrogen-bond donors (Lipinski definition) is 0. The fourth-order valence-corrected chi connectivity index (χ4v) is 2.34. The van der Waals surface area contributed by atoms with Gasteiger partial charge in [-0.3, -0.25) is 4.79 Å². The van der Waals surface area contributed by atoms with Crippen molar-refractivity contribution in [1.29, 1.82) is 0 Å². The summed E-state index contributed by atoms with van der Waals surface area (Å²) in [7, 11) is 1.65. The quantitative estimate of drug-likeness (QED) is 0.709. The van der Waals surface area contributed by atoms with Crippen LogP contribution in [0.15, 0.2) is 48.5 Å². The number of carbonyl (C=O) groups excluding carboxylic acids is 1. The number of halogens is 1. The molecular weight excluding hydrogens is 341 g/mol. The third kappa shape index (κ3) is 7.96. The zero-order chi connectivity index (χ0) is 20.1. The molecule has 0 aliphatic carbocycles. The number of unbranched alkanes of at least 4 members (excludes halogenated alkanes) is 1. The molecule has 27 heavy (non-hydrogen) atoms. The van der Waals surface area contributed by atoms with Gasteiger partial charge >= 0.3 is 0 Å². The van der Waals surface area contributed by atoms with Crippen LogP contribution in [-0.2, 0) is 17.8 Å². The average Bonchev–Trinajstić information content (AvgIpc) is 2.73. The molecule has 0 unspecified atom stereocenters. The molecule has 2 aromatic rings. The lowest BCUT2D eigenvalue weighted by molar-refractivity contribution is -0.125. The van der Waals surface area contributed by atoms with Crippen LogP contribution in [0.3, 0.4) is 0 Å². The van der Waals surface area contributed by atoms with E-state index in [0.29, 0.717) is 13.1 Å². The molecule has 4 heteroatoms. The lowest BCUT2D eigenvalue weighted by Crippen LogP contribution is -2.34. The summed E-state index contributed by atoms with van der Waals surface area (Å²) in [6, 6.07) is 13.9. The van der Waals surface area contributed by atoms with E-state index < -0.39 is 0 Å². The largest absolute Gasteiger partial charge is 0.497 e. The Kier molecular flexibility index (Phi) is 10.3. The molecule has 0 spiro atoms. The third-order valence-electron chi connectivity index (χ3n) is 4.07. The summed E-state index contributed by atoms with van der Waals surface area (Å²) in [6.45, 7) is 5.64. The van der Waals surface area contributed by atoms with E-state index in [1.165, 1.54) is 30.5 Å². The Morgan fingerprint density at radius 2 is 1.81 bits per heavy atom. The second kappa shape index (κ2) is 12.5. The van der Waals surface area contributed by atoms with Gasteiger partial charge in [-0.05, 0) is 47.7 Å². The number of benzene rings is 2. The highest BCUT2D eigenvalue weighted by atomic mass is 19.1. The standard InChI is InChI=1S/C13H13NO2.C6H5F.C4H10/c1-3-13(15)14-7-6-10-8-12(16-2)5-4-11(10)9-14;7-6-4-2-1-3-5-6;1-3-4-2/h1,4-5,8H,6-7,9H2,2H3;1-5H;3-4H2,1-2H3. The maximum atomic E-state index is 11.9. The van der Waals surface area contributed by atoms with Crippen LogP contribution in [0.2, 0.25) is 0 Å². The van der Waals surface area contributed by atoms with Gasteiger partial charge in [-0.2, -0.15) is 0 Å². The molecule has 3 rings (SSSR count). The van der Waals surface area contributed by atoms with Crippen LogP contribution in [0.1, 0.15) is 37.8 Å². The van der Waals surface area contributed by atoms with Gasteiger partial charge in [-0.15, -0.1) is 6.42 Å². The highest BCUT2D eigenvalue weighted by Gasteiger charge is 2.19. The maximum Gasteiger partial charge on any atom is 0.298 e. The van der Waals surface area contributed by atoms with E-state index >= 15 is 0 Å². The lowest BCUT2D eigenvalue weighted by Gasteiger charge is -2.27. The fraction of sp³-hybridized carbons (Fsp3) is 0.348. The third-order valence-corrected chi connectivity index (χ3v) is 4.07. The minimum Gasteiger partial charge on any atom is -0.497 e. The Balaban J connectivity index is 0.000000273. The zero-order valence-electron chi connectivity index (χ0n) is 16.4. The van der Waals surface area contributed by atoms with Gasteiger partial charge < -0.3 is 9.64 Å². The van der Waals surface area contributed by atoms with Crippen molar-refractivity contribution in [3.05, 3.63) is 65.5 Å². The maximum absolute atomic E-state index is 11.9. The molecule has 1 heterocycles. The predicted octanol–water partition coefficient (Wildman–Crippen LogP) is 4.85.